The minimum atomic E-state index is -0.884. The van der Waals surface area contributed by atoms with Gasteiger partial charge in [-0.25, -0.2) is 0 Å². The van der Waals surface area contributed by atoms with Gasteiger partial charge >= 0.3 is 0 Å². The normalized spacial score (nSPS) is 43.5. The Morgan fingerprint density at radius 3 is 2.81 bits per heavy atom. The first-order valence-corrected chi connectivity index (χ1v) is 10.2. The Balaban J connectivity index is 1.52. The SMILES string of the molecule is Oc1ccc2c3c1OC1[C@@H](O)CC[C@@]4(O)[C@@H](C2)N(CC2CCC2)CC[C@]314. The number of likely N-dealkylation sites (tertiary alicyclic amines) is 1. The zero-order valence-electron chi connectivity index (χ0n) is 15.0. The average molecular weight is 357 g/mol. The number of aliphatic hydroxyl groups excluding tert-OH is 1. The van der Waals surface area contributed by atoms with Crippen molar-refractivity contribution in [3.8, 4) is 11.5 Å². The van der Waals surface area contributed by atoms with E-state index in [0.717, 1.165) is 37.4 Å². The molecule has 2 bridgehead atoms. The van der Waals surface area contributed by atoms with Crippen LogP contribution in [0, 0.1) is 5.92 Å². The highest BCUT2D eigenvalue weighted by Crippen LogP contribution is 2.65. The van der Waals surface area contributed by atoms with Crippen molar-refractivity contribution < 1.29 is 20.1 Å². The van der Waals surface area contributed by atoms with E-state index in [1.165, 1.54) is 24.8 Å². The van der Waals surface area contributed by atoms with Crippen LogP contribution in [0.3, 0.4) is 0 Å². The molecule has 2 saturated carbocycles. The Hall–Kier alpha value is -1.30. The predicted octanol–water partition coefficient (Wildman–Crippen LogP) is 1.71. The maximum absolute atomic E-state index is 12.1. The van der Waals surface area contributed by atoms with Crippen molar-refractivity contribution in [2.75, 3.05) is 13.1 Å². The second-order valence-electron chi connectivity index (χ2n) is 9.25. The fraction of sp³-hybridized carbons (Fsp3) is 0.714. The van der Waals surface area contributed by atoms with Gasteiger partial charge in [0, 0.05) is 18.2 Å². The molecule has 2 heterocycles. The molecule has 5 nitrogen and oxygen atoms in total. The first kappa shape index (κ1) is 15.7. The van der Waals surface area contributed by atoms with Crippen molar-refractivity contribution in [2.45, 2.75) is 74.2 Å². The molecule has 3 aliphatic carbocycles. The van der Waals surface area contributed by atoms with Gasteiger partial charge in [0.1, 0.15) is 6.10 Å². The number of aliphatic hydroxyl groups is 2. The molecule has 26 heavy (non-hydrogen) atoms. The zero-order valence-corrected chi connectivity index (χ0v) is 15.0. The van der Waals surface area contributed by atoms with E-state index in [4.69, 9.17) is 4.74 Å². The fourth-order valence-corrected chi connectivity index (χ4v) is 6.83. The molecule has 1 saturated heterocycles. The van der Waals surface area contributed by atoms with Crippen molar-refractivity contribution in [1.82, 2.24) is 4.90 Å². The van der Waals surface area contributed by atoms with E-state index in [9.17, 15) is 15.3 Å². The van der Waals surface area contributed by atoms with E-state index in [1.807, 2.05) is 6.07 Å². The lowest BCUT2D eigenvalue weighted by molar-refractivity contribution is -0.209. The molecule has 5 heteroatoms. The van der Waals surface area contributed by atoms with Crippen LogP contribution in [0.15, 0.2) is 12.1 Å². The molecule has 5 aliphatic rings. The lowest BCUT2D eigenvalue weighted by Gasteiger charge is -2.64. The van der Waals surface area contributed by atoms with Gasteiger partial charge in [0.25, 0.3) is 0 Å². The minimum Gasteiger partial charge on any atom is -0.504 e. The molecule has 6 rings (SSSR count). The lowest BCUT2D eigenvalue weighted by Crippen LogP contribution is -2.77. The van der Waals surface area contributed by atoms with Crippen LogP contribution < -0.4 is 4.74 Å². The Morgan fingerprint density at radius 2 is 2.04 bits per heavy atom. The highest BCUT2D eigenvalue weighted by Gasteiger charge is 2.72. The van der Waals surface area contributed by atoms with Gasteiger partial charge in [-0.05, 0) is 62.6 Å². The van der Waals surface area contributed by atoms with Gasteiger partial charge in [-0.3, -0.25) is 4.90 Å². The number of phenols is 1. The number of hydrogen-bond donors (Lipinski definition) is 3. The molecule has 1 aromatic rings. The van der Waals surface area contributed by atoms with E-state index in [1.54, 1.807) is 6.07 Å². The monoisotopic (exact) mass is 357 g/mol. The van der Waals surface area contributed by atoms with Crippen LogP contribution >= 0.6 is 0 Å². The smallest absolute Gasteiger partial charge is 0.165 e. The van der Waals surface area contributed by atoms with Crippen molar-refractivity contribution >= 4 is 0 Å². The van der Waals surface area contributed by atoms with E-state index in [0.29, 0.717) is 18.6 Å². The van der Waals surface area contributed by atoms with Crippen LogP contribution in [0.5, 0.6) is 11.5 Å². The van der Waals surface area contributed by atoms with Gasteiger partial charge in [0.05, 0.1) is 17.1 Å². The highest BCUT2D eigenvalue weighted by molar-refractivity contribution is 5.62. The number of ether oxygens (including phenoxy) is 1. The lowest BCUT2D eigenvalue weighted by atomic mass is 9.48. The molecule has 1 spiro atoms. The molecule has 2 aliphatic heterocycles. The van der Waals surface area contributed by atoms with Crippen LogP contribution in [-0.2, 0) is 11.8 Å². The average Bonchev–Trinajstić information content (AvgIpc) is 2.93. The Morgan fingerprint density at radius 1 is 1.19 bits per heavy atom. The third-order valence-corrected chi connectivity index (χ3v) is 8.26. The topological polar surface area (TPSA) is 73.2 Å². The van der Waals surface area contributed by atoms with E-state index in [-0.39, 0.29) is 11.8 Å². The Bertz CT molecular complexity index is 778. The maximum atomic E-state index is 12.1. The van der Waals surface area contributed by atoms with Crippen molar-refractivity contribution in [2.24, 2.45) is 5.92 Å². The van der Waals surface area contributed by atoms with Crippen LogP contribution in [0.4, 0.5) is 0 Å². The summed E-state index contributed by atoms with van der Waals surface area (Å²) in [6.07, 6.45) is 5.68. The number of rotatable bonds is 2. The first-order valence-electron chi connectivity index (χ1n) is 10.2. The van der Waals surface area contributed by atoms with E-state index in [2.05, 4.69) is 4.90 Å². The molecule has 1 aromatic carbocycles. The van der Waals surface area contributed by atoms with Crippen LogP contribution in [-0.4, -0.2) is 57.2 Å². The summed E-state index contributed by atoms with van der Waals surface area (Å²) in [5.74, 6) is 1.42. The van der Waals surface area contributed by atoms with E-state index >= 15 is 0 Å². The number of phenolic OH excluding ortho intramolecular Hbond substituents is 1. The van der Waals surface area contributed by atoms with Crippen molar-refractivity contribution in [3.63, 3.8) is 0 Å². The van der Waals surface area contributed by atoms with Gasteiger partial charge in [-0.15, -0.1) is 0 Å². The molecule has 1 unspecified atom stereocenters. The van der Waals surface area contributed by atoms with Crippen LogP contribution in [0.2, 0.25) is 0 Å². The van der Waals surface area contributed by atoms with Gasteiger partial charge in [-0.1, -0.05) is 12.5 Å². The van der Waals surface area contributed by atoms with Gasteiger partial charge in [-0.2, -0.15) is 0 Å². The highest BCUT2D eigenvalue weighted by atomic mass is 16.5. The number of aromatic hydroxyl groups is 1. The maximum Gasteiger partial charge on any atom is 0.165 e. The molecule has 140 valence electrons. The summed E-state index contributed by atoms with van der Waals surface area (Å²) < 4.78 is 6.16. The largest absolute Gasteiger partial charge is 0.504 e. The molecule has 3 N–H and O–H groups in total. The second-order valence-corrected chi connectivity index (χ2v) is 9.25. The summed E-state index contributed by atoms with van der Waals surface area (Å²) in [5, 5.41) is 33.2. The summed E-state index contributed by atoms with van der Waals surface area (Å²) >= 11 is 0. The quantitative estimate of drug-likeness (QED) is 0.751. The molecular formula is C21H27NO4. The Labute approximate surface area is 153 Å². The fourth-order valence-electron chi connectivity index (χ4n) is 6.83. The summed E-state index contributed by atoms with van der Waals surface area (Å²) in [6, 6.07) is 3.80. The molecular weight excluding hydrogens is 330 g/mol. The van der Waals surface area contributed by atoms with Crippen LogP contribution in [0.1, 0.15) is 49.7 Å². The molecule has 5 atom stereocenters. The predicted molar refractivity (Wildman–Crippen MR) is 95.4 cm³/mol. The molecule has 0 radical (unpaired) electrons. The summed E-state index contributed by atoms with van der Waals surface area (Å²) in [4.78, 5) is 2.53. The van der Waals surface area contributed by atoms with Crippen molar-refractivity contribution in [3.05, 3.63) is 23.3 Å². The summed E-state index contributed by atoms with van der Waals surface area (Å²) in [5.41, 5.74) is 0.712. The van der Waals surface area contributed by atoms with Gasteiger partial charge in [0.2, 0.25) is 0 Å². The third-order valence-electron chi connectivity index (χ3n) is 8.26. The molecule has 0 aromatic heterocycles. The standard InChI is InChI=1S/C21H27NO4/c23-14-5-4-13-10-16-21(25)7-6-15(24)19-20(21,17(13)18(14)26-19)8-9-22(16)11-12-2-1-3-12/h4-5,12,15-16,19,23-25H,1-3,6-11H2/t15-,16+,19?,20-,21+/m0/s1. The van der Waals surface area contributed by atoms with Gasteiger partial charge < -0.3 is 20.1 Å². The van der Waals surface area contributed by atoms with Crippen LogP contribution in [0.25, 0.3) is 0 Å². The molecule has 3 fully saturated rings. The summed E-state index contributed by atoms with van der Waals surface area (Å²) in [6.45, 7) is 2.02. The zero-order chi connectivity index (χ0) is 17.7. The molecule has 0 amide bonds. The van der Waals surface area contributed by atoms with Gasteiger partial charge in [0.15, 0.2) is 11.5 Å². The summed E-state index contributed by atoms with van der Waals surface area (Å²) in [7, 11) is 0. The third kappa shape index (κ3) is 1.64. The number of nitrogens with zero attached hydrogens (tertiary/aromatic N) is 1. The number of hydrogen-bond acceptors (Lipinski definition) is 5. The Kier molecular flexibility index (Phi) is 2.99. The number of benzene rings is 1. The number of piperidine rings is 1. The van der Waals surface area contributed by atoms with E-state index < -0.39 is 23.2 Å². The second kappa shape index (κ2) is 4.94. The minimum absolute atomic E-state index is 0.0819. The van der Waals surface area contributed by atoms with Crippen molar-refractivity contribution in [1.29, 1.82) is 0 Å². The first-order chi connectivity index (χ1) is 12.5.